The Balaban J connectivity index is 2.15. The molecule has 6 heteroatoms. The zero-order valence-electron chi connectivity index (χ0n) is 11.0. The van der Waals surface area contributed by atoms with Crippen LogP contribution in [0.4, 0.5) is 11.4 Å². The third-order valence-electron chi connectivity index (χ3n) is 3.59. The van der Waals surface area contributed by atoms with Crippen molar-refractivity contribution in [1.82, 2.24) is 4.90 Å². The molecule has 1 saturated heterocycles. The Morgan fingerprint density at radius 1 is 1.32 bits per heavy atom. The number of benzene rings is 1. The summed E-state index contributed by atoms with van der Waals surface area (Å²) in [6.07, 6.45) is 0. The SMILES string of the molecule is CCN1CCN(c2ccc([N+](=O)[O-])c(CBr)c2)CC1. The van der Waals surface area contributed by atoms with Crippen molar-refractivity contribution in [3.8, 4) is 0 Å². The number of alkyl halides is 1. The maximum Gasteiger partial charge on any atom is 0.273 e. The molecule has 1 fully saturated rings. The third kappa shape index (κ3) is 3.25. The maximum absolute atomic E-state index is 10.9. The average Bonchev–Trinajstić information content (AvgIpc) is 2.46. The first-order chi connectivity index (χ1) is 9.15. The Morgan fingerprint density at radius 3 is 2.53 bits per heavy atom. The van der Waals surface area contributed by atoms with Crippen molar-refractivity contribution in [2.75, 3.05) is 37.6 Å². The van der Waals surface area contributed by atoms with Crippen molar-refractivity contribution < 1.29 is 4.92 Å². The highest BCUT2D eigenvalue weighted by Crippen LogP contribution is 2.27. The van der Waals surface area contributed by atoms with Crippen molar-refractivity contribution in [1.29, 1.82) is 0 Å². The number of nitrogens with zero attached hydrogens (tertiary/aromatic N) is 3. The molecule has 0 amide bonds. The van der Waals surface area contributed by atoms with Crippen molar-refractivity contribution >= 4 is 27.3 Å². The fraction of sp³-hybridized carbons (Fsp3) is 0.538. The molecule has 1 aromatic rings. The number of halogens is 1. The minimum atomic E-state index is -0.324. The zero-order chi connectivity index (χ0) is 13.8. The number of piperazine rings is 1. The van der Waals surface area contributed by atoms with Gasteiger partial charge in [0.2, 0.25) is 0 Å². The Kier molecular flexibility index (Phi) is 4.76. The van der Waals surface area contributed by atoms with E-state index in [1.165, 1.54) is 0 Å². The van der Waals surface area contributed by atoms with Crippen molar-refractivity contribution in [2.45, 2.75) is 12.3 Å². The van der Waals surface area contributed by atoms with Gasteiger partial charge in [-0.25, -0.2) is 0 Å². The highest BCUT2D eigenvalue weighted by molar-refractivity contribution is 9.08. The summed E-state index contributed by atoms with van der Waals surface area (Å²) in [6.45, 7) is 7.32. The number of rotatable bonds is 4. The van der Waals surface area contributed by atoms with E-state index in [-0.39, 0.29) is 10.6 Å². The van der Waals surface area contributed by atoms with E-state index in [0.717, 1.165) is 44.0 Å². The van der Waals surface area contributed by atoms with E-state index < -0.39 is 0 Å². The van der Waals surface area contributed by atoms with Gasteiger partial charge < -0.3 is 9.80 Å². The van der Waals surface area contributed by atoms with Crippen LogP contribution in [-0.4, -0.2) is 42.5 Å². The quantitative estimate of drug-likeness (QED) is 0.484. The molecule has 1 aliphatic rings. The third-order valence-corrected chi connectivity index (χ3v) is 4.19. The predicted molar refractivity (Wildman–Crippen MR) is 80.1 cm³/mol. The summed E-state index contributed by atoms with van der Waals surface area (Å²) in [6, 6.07) is 5.39. The maximum atomic E-state index is 10.9. The molecule has 0 bridgehead atoms. The van der Waals surface area contributed by atoms with E-state index in [1.54, 1.807) is 6.07 Å². The molecular weight excluding hydrogens is 310 g/mol. The first kappa shape index (κ1) is 14.3. The van der Waals surface area contributed by atoms with Gasteiger partial charge in [0.05, 0.1) is 4.92 Å². The molecule has 104 valence electrons. The zero-order valence-corrected chi connectivity index (χ0v) is 12.6. The Labute approximate surface area is 121 Å². The number of anilines is 1. The number of nitro benzene ring substituents is 1. The lowest BCUT2D eigenvalue weighted by Gasteiger charge is -2.35. The molecule has 0 radical (unpaired) electrons. The molecule has 5 nitrogen and oxygen atoms in total. The molecule has 1 aliphatic heterocycles. The summed E-state index contributed by atoms with van der Waals surface area (Å²) >= 11 is 3.32. The second-order valence-corrected chi connectivity index (χ2v) is 5.19. The molecule has 0 unspecified atom stereocenters. The summed E-state index contributed by atoms with van der Waals surface area (Å²) in [4.78, 5) is 15.3. The van der Waals surface area contributed by atoms with Crippen molar-refractivity contribution in [3.63, 3.8) is 0 Å². The Hall–Kier alpha value is -1.14. The van der Waals surface area contributed by atoms with Gasteiger partial charge in [0, 0.05) is 48.8 Å². The fourth-order valence-corrected chi connectivity index (χ4v) is 2.83. The van der Waals surface area contributed by atoms with Gasteiger partial charge in [-0.1, -0.05) is 22.9 Å². The van der Waals surface area contributed by atoms with E-state index >= 15 is 0 Å². The fourth-order valence-electron chi connectivity index (χ4n) is 2.38. The Bertz CT molecular complexity index is 459. The monoisotopic (exact) mass is 327 g/mol. The second kappa shape index (κ2) is 6.34. The van der Waals surface area contributed by atoms with Crippen LogP contribution >= 0.6 is 15.9 Å². The molecule has 19 heavy (non-hydrogen) atoms. The average molecular weight is 328 g/mol. The summed E-state index contributed by atoms with van der Waals surface area (Å²) in [7, 11) is 0. The summed E-state index contributed by atoms with van der Waals surface area (Å²) in [5.41, 5.74) is 2.00. The molecule has 0 saturated carbocycles. The molecular formula is C13H18BrN3O2. The largest absolute Gasteiger partial charge is 0.369 e. The van der Waals surface area contributed by atoms with Crippen LogP contribution in [0, 0.1) is 10.1 Å². The van der Waals surface area contributed by atoms with Crippen LogP contribution in [0.5, 0.6) is 0 Å². The standard InChI is InChI=1S/C13H18BrN3O2/c1-2-15-5-7-16(8-6-15)12-3-4-13(17(18)19)11(9-12)10-14/h3-4,9H,2,5-8,10H2,1H3. The first-order valence-corrected chi connectivity index (χ1v) is 7.58. The van der Waals surface area contributed by atoms with Gasteiger partial charge in [-0.05, 0) is 18.7 Å². The van der Waals surface area contributed by atoms with Gasteiger partial charge >= 0.3 is 0 Å². The smallest absolute Gasteiger partial charge is 0.273 e. The predicted octanol–water partition coefficient (Wildman–Crippen LogP) is 2.63. The van der Waals surface area contributed by atoms with Crippen molar-refractivity contribution in [3.05, 3.63) is 33.9 Å². The van der Waals surface area contributed by atoms with Crippen molar-refractivity contribution in [2.24, 2.45) is 0 Å². The van der Waals surface area contributed by atoms with Crippen LogP contribution < -0.4 is 4.90 Å². The molecule has 0 atom stereocenters. The van der Waals surface area contributed by atoms with Crippen LogP contribution in [0.3, 0.4) is 0 Å². The van der Waals surface area contributed by atoms with E-state index in [4.69, 9.17) is 0 Å². The lowest BCUT2D eigenvalue weighted by Crippen LogP contribution is -2.46. The summed E-state index contributed by atoms with van der Waals surface area (Å²) < 4.78 is 0. The molecule has 0 aliphatic carbocycles. The van der Waals surface area contributed by atoms with Gasteiger partial charge in [-0.2, -0.15) is 0 Å². The van der Waals surface area contributed by atoms with Gasteiger partial charge in [0.15, 0.2) is 0 Å². The van der Waals surface area contributed by atoms with Gasteiger partial charge in [0.25, 0.3) is 5.69 Å². The van der Waals surface area contributed by atoms with Crippen LogP contribution in [-0.2, 0) is 5.33 Å². The lowest BCUT2D eigenvalue weighted by atomic mass is 10.1. The topological polar surface area (TPSA) is 49.6 Å². The summed E-state index contributed by atoms with van der Waals surface area (Å²) in [5, 5.41) is 11.4. The molecule has 0 aromatic heterocycles. The highest BCUT2D eigenvalue weighted by atomic mass is 79.9. The molecule has 1 aromatic carbocycles. The van der Waals surface area contributed by atoms with E-state index in [2.05, 4.69) is 32.7 Å². The van der Waals surface area contributed by atoms with E-state index in [9.17, 15) is 10.1 Å². The molecule has 1 heterocycles. The number of hydrogen-bond donors (Lipinski definition) is 0. The first-order valence-electron chi connectivity index (χ1n) is 6.46. The van der Waals surface area contributed by atoms with Crippen LogP contribution in [0.15, 0.2) is 18.2 Å². The minimum Gasteiger partial charge on any atom is -0.369 e. The van der Waals surface area contributed by atoms with Crippen LogP contribution in [0.1, 0.15) is 12.5 Å². The van der Waals surface area contributed by atoms with Crippen LogP contribution in [0.2, 0.25) is 0 Å². The minimum absolute atomic E-state index is 0.188. The van der Waals surface area contributed by atoms with E-state index in [0.29, 0.717) is 5.33 Å². The number of hydrogen-bond acceptors (Lipinski definition) is 4. The number of nitro groups is 1. The normalized spacial score (nSPS) is 16.6. The van der Waals surface area contributed by atoms with E-state index in [1.807, 2.05) is 12.1 Å². The van der Waals surface area contributed by atoms with Gasteiger partial charge in [-0.15, -0.1) is 0 Å². The van der Waals surface area contributed by atoms with Crippen LogP contribution in [0.25, 0.3) is 0 Å². The Morgan fingerprint density at radius 2 is 2.00 bits per heavy atom. The molecule has 2 rings (SSSR count). The molecule has 0 N–H and O–H groups in total. The van der Waals surface area contributed by atoms with Gasteiger partial charge in [0.1, 0.15) is 0 Å². The number of likely N-dealkylation sites (N-methyl/N-ethyl adjacent to an activating group) is 1. The molecule has 0 spiro atoms. The lowest BCUT2D eigenvalue weighted by molar-refractivity contribution is -0.385. The highest BCUT2D eigenvalue weighted by Gasteiger charge is 2.19. The second-order valence-electron chi connectivity index (χ2n) is 4.63. The van der Waals surface area contributed by atoms with Gasteiger partial charge in [-0.3, -0.25) is 10.1 Å². The summed E-state index contributed by atoms with van der Waals surface area (Å²) in [5.74, 6) is 0.